The molecule has 5 nitrogen and oxygen atoms in total. The quantitative estimate of drug-likeness (QED) is 0.304. The Hall–Kier alpha value is -0.180. The van der Waals surface area contributed by atoms with Crippen LogP contribution in [0.3, 0.4) is 0 Å². The maximum absolute atomic E-state index is 11.7. The van der Waals surface area contributed by atoms with Crippen LogP contribution in [0.5, 0.6) is 0 Å². The first-order valence-electron chi connectivity index (χ1n) is 8.29. The number of nitrogens with zero attached hydrogens (tertiary/aromatic N) is 2. The number of piperidine rings is 1. The highest BCUT2D eigenvalue weighted by Gasteiger charge is 2.24. The third-order valence-electron chi connectivity index (χ3n) is 4.28. The fourth-order valence-corrected chi connectivity index (χ4v) is 3.42. The summed E-state index contributed by atoms with van der Waals surface area (Å²) in [5.41, 5.74) is 0. The molecule has 0 radical (unpaired) electrons. The zero-order valence-electron chi connectivity index (χ0n) is 13.8. The van der Waals surface area contributed by atoms with Crippen molar-refractivity contribution >= 4 is 28.5 Å². The first kappa shape index (κ1) is 18.2. The number of piperazine rings is 1. The molecule has 0 saturated carbocycles. The van der Waals surface area contributed by atoms with Crippen LogP contribution in [-0.4, -0.2) is 71.1 Å². The second-order valence-corrected chi connectivity index (χ2v) is 9.38. The Bertz CT molecular complexity index is 380. The molecule has 0 atom stereocenters. The molecule has 0 aromatic carbocycles. The highest BCUT2D eigenvalue weighted by atomic mass is 127. The Morgan fingerprint density at radius 1 is 1.27 bits per heavy atom. The van der Waals surface area contributed by atoms with Gasteiger partial charge in [0, 0.05) is 44.8 Å². The highest BCUT2D eigenvalue weighted by molar-refractivity contribution is 14.1. The first-order chi connectivity index (χ1) is 10.4. The van der Waals surface area contributed by atoms with Gasteiger partial charge in [-0.05, 0) is 39.8 Å². The van der Waals surface area contributed by atoms with Crippen molar-refractivity contribution in [2.75, 3.05) is 45.8 Å². The zero-order chi connectivity index (χ0) is 16.0. The van der Waals surface area contributed by atoms with Crippen molar-refractivity contribution in [3.8, 4) is 0 Å². The lowest BCUT2D eigenvalue weighted by Gasteiger charge is -2.40. The molecule has 2 N–H and O–H groups in total. The summed E-state index contributed by atoms with van der Waals surface area (Å²) in [6, 6.07) is 0.755. The number of hydrogen-bond donors (Lipinski definition) is 2. The van der Waals surface area contributed by atoms with E-state index in [9.17, 15) is 4.79 Å². The van der Waals surface area contributed by atoms with Crippen LogP contribution < -0.4 is 10.6 Å². The molecule has 2 heterocycles. The van der Waals surface area contributed by atoms with Crippen LogP contribution in [0, 0.1) is 0 Å². The Kier molecular flexibility index (Phi) is 7.11. The number of carbonyl (C=O) groups excluding carboxylic acids is 1. The van der Waals surface area contributed by atoms with Crippen LogP contribution in [0.25, 0.3) is 0 Å². The predicted octanol–water partition coefficient (Wildman–Crippen LogP) is 1.20. The Balaban J connectivity index is 1.65. The van der Waals surface area contributed by atoms with Crippen molar-refractivity contribution in [3.05, 3.63) is 12.2 Å². The molecule has 2 rings (SSSR count). The maximum atomic E-state index is 11.7. The van der Waals surface area contributed by atoms with Crippen LogP contribution in [0.4, 0.5) is 0 Å². The zero-order valence-corrected chi connectivity index (χ0v) is 15.9. The molecule has 0 spiro atoms. The summed E-state index contributed by atoms with van der Waals surface area (Å²) in [6.07, 6.45) is 6.16. The van der Waals surface area contributed by atoms with Crippen molar-refractivity contribution in [2.45, 2.75) is 36.3 Å². The van der Waals surface area contributed by atoms with E-state index < -0.39 is 0 Å². The minimum Gasteiger partial charge on any atom is -0.339 e. The van der Waals surface area contributed by atoms with E-state index >= 15 is 0 Å². The van der Waals surface area contributed by atoms with Crippen molar-refractivity contribution in [1.29, 1.82) is 0 Å². The fraction of sp³-hybridized carbons (Fsp3) is 0.812. The van der Waals surface area contributed by atoms with Gasteiger partial charge >= 0.3 is 0 Å². The molecule has 0 aromatic heterocycles. The third kappa shape index (κ3) is 6.52. The molecular formula is C16H29IN4O. The average molecular weight is 420 g/mol. The van der Waals surface area contributed by atoms with Crippen molar-refractivity contribution in [3.63, 3.8) is 0 Å². The Morgan fingerprint density at radius 2 is 1.91 bits per heavy atom. The molecule has 6 heteroatoms. The van der Waals surface area contributed by atoms with Gasteiger partial charge in [-0.3, -0.25) is 14.6 Å². The summed E-state index contributed by atoms with van der Waals surface area (Å²) in [4.78, 5) is 16.8. The van der Waals surface area contributed by atoms with Crippen LogP contribution in [0.1, 0.15) is 26.7 Å². The average Bonchev–Trinajstić information content (AvgIpc) is 2.47. The van der Waals surface area contributed by atoms with Gasteiger partial charge in [0.05, 0.1) is 3.55 Å². The number of likely N-dealkylation sites (tertiary alicyclic amines) is 1. The molecule has 126 valence electrons. The van der Waals surface area contributed by atoms with E-state index in [-0.39, 0.29) is 9.45 Å². The molecule has 2 fully saturated rings. The van der Waals surface area contributed by atoms with Crippen LogP contribution in [0.15, 0.2) is 12.2 Å². The lowest BCUT2D eigenvalue weighted by Crippen LogP contribution is -2.52. The number of rotatable bonds is 5. The van der Waals surface area contributed by atoms with Crippen molar-refractivity contribution in [2.24, 2.45) is 0 Å². The lowest BCUT2D eigenvalue weighted by molar-refractivity contribution is -0.117. The maximum Gasteiger partial charge on any atom is 0.244 e. The molecular weight excluding hydrogens is 391 g/mol. The number of amides is 1. The normalized spacial score (nSPS) is 23.0. The molecule has 2 aliphatic heterocycles. The minimum absolute atomic E-state index is 0.00453. The van der Waals surface area contributed by atoms with E-state index in [1.54, 1.807) is 6.08 Å². The minimum atomic E-state index is -0.194. The van der Waals surface area contributed by atoms with E-state index in [2.05, 4.69) is 43.0 Å². The summed E-state index contributed by atoms with van der Waals surface area (Å²) >= 11 is 2.22. The van der Waals surface area contributed by atoms with Gasteiger partial charge in [0.25, 0.3) is 0 Å². The van der Waals surface area contributed by atoms with E-state index in [4.69, 9.17) is 0 Å². The number of halogens is 1. The van der Waals surface area contributed by atoms with E-state index in [1.165, 1.54) is 25.9 Å². The summed E-state index contributed by atoms with van der Waals surface area (Å²) in [5, 5.41) is 6.35. The summed E-state index contributed by atoms with van der Waals surface area (Å²) in [7, 11) is 0. The smallest absolute Gasteiger partial charge is 0.244 e. The highest BCUT2D eigenvalue weighted by Crippen LogP contribution is 2.17. The number of carbonyl (C=O) groups is 1. The monoisotopic (exact) mass is 420 g/mol. The fourth-order valence-electron chi connectivity index (χ4n) is 3.16. The SMILES string of the molecule is CC(C)(I)NC(=O)/C=C/CN1CCC(N2CCNCC2)CC1. The second kappa shape index (κ2) is 8.61. The van der Waals surface area contributed by atoms with Gasteiger partial charge in [-0.1, -0.05) is 28.7 Å². The molecule has 0 aromatic rings. The molecule has 0 aliphatic carbocycles. The lowest BCUT2D eigenvalue weighted by atomic mass is 10.0. The molecule has 2 aliphatic rings. The van der Waals surface area contributed by atoms with E-state index in [0.717, 1.165) is 38.8 Å². The van der Waals surface area contributed by atoms with Gasteiger partial charge in [-0.2, -0.15) is 0 Å². The predicted molar refractivity (Wildman–Crippen MR) is 99.3 cm³/mol. The van der Waals surface area contributed by atoms with Gasteiger partial charge in [0.15, 0.2) is 0 Å². The van der Waals surface area contributed by atoms with Gasteiger partial charge < -0.3 is 10.6 Å². The Morgan fingerprint density at radius 3 is 2.50 bits per heavy atom. The molecule has 2 saturated heterocycles. The van der Waals surface area contributed by atoms with E-state index in [0.29, 0.717) is 0 Å². The first-order valence-corrected chi connectivity index (χ1v) is 9.37. The van der Waals surface area contributed by atoms with Gasteiger partial charge in [0.1, 0.15) is 0 Å². The number of alkyl halides is 1. The van der Waals surface area contributed by atoms with Gasteiger partial charge in [-0.25, -0.2) is 0 Å². The van der Waals surface area contributed by atoms with E-state index in [1.807, 2.05) is 19.9 Å². The summed E-state index contributed by atoms with van der Waals surface area (Å²) < 4.78 is -0.194. The van der Waals surface area contributed by atoms with Gasteiger partial charge in [0.2, 0.25) is 5.91 Å². The largest absolute Gasteiger partial charge is 0.339 e. The molecule has 1 amide bonds. The number of hydrogen-bond acceptors (Lipinski definition) is 4. The topological polar surface area (TPSA) is 47.6 Å². The third-order valence-corrected chi connectivity index (χ3v) is 4.55. The summed E-state index contributed by atoms with van der Waals surface area (Å²) in [6.45, 7) is 11.8. The summed E-state index contributed by atoms with van der Waals surface area (Å²) in [5.74, 6) is -0.00453. The van der Waals surface area contributed by atoms with Crippen LogP contribution >= 0.6 is 22.6 Å². The standard InChI is InChI=1S/C16H29IN4O/c1-16(2,17)19-15(22)4-3-9-20-10-5-14(6-11-20)21-12-7-18-8-13-21/h3-4,14,18H,5-13H2,1-2H3,(H,19,22)/b4-3+. The van der Waals surface area contributed by atoms with Crippen LogP contribution in [-0.2, 0) is 4.79 Å². The second-order valence-electron chi connectivity index (χ2n) is 6.68. The number of nitrogens with one attached hydrogen (secondary N) is 2. The Labute approximate surface area is 148 Å². The molecule has 0 bridgehead atoms. The van der Waals surface area contributed by atoms with Crippen molar-refractivity contribution < 1.29 is 4.79 Å². The van der Waals surface area contributed by atoms with Crippen LogP contribution in [0.2, 0.25) is 0 Å². The molecule has 22 heavy (non-hydrogen) atoms. The van der Waals surface area contributed by atoms with Crippen molar-refractivity contribution in [1.82, 2.24) is 20.4 Å². The molecule has 0 unspecified atom stereocenters. The van der Waals surface area contributed by atoms with Gasteiger partial charge in [-0.15, -0.1) is 0 Å².